The molecule has 0 aromatic heterocycles. The van der Waals surface area contributed by atoms with Gasteiger partial charge in [0.2, 0.25) is 0 Å². The van der Waals surface area contributed by atoms with Crippen LogP contribution in [0.2, 0.25) is 0 Å². The van der Waals surface area contributed by atoms with Crippen molar-refractivity contribution in [1.82, 2.24) is 0 Å². The van der Waals surface area contributed by atoms with Gasteiger partial charge in [-0.15, -0.1) is 0 Å². The molecular formula is C15H18O9. The van der Waals surface area contributed by atoms with Crippen molar-refractivity contribution in [2.24, 2.45) is 0 Å². The fourth-order valence-corrected chi connectivity index (χ4v) is 1.65. The molecule has 0 radical (unpaired) electrons. The first-order chi connectivity index (χ1) is 11.5. The molecular weight excluding hydrogens is 324 g/mol. The van der Waals surface area contributed by atoms with E-state index in [1.807, 2.05) is 0 Å². The van der Waals surface area contributed by atoms with Gasteiger partial charge in [0, 0.05) is 0 Å². The van der Waals surface area contributed by atoms with E-state index in [9.17, 15) is 14.4 Å². The van der Waals surface area contributed by atoms with E-state index in [-0.39, 0.29) is 56.3 Å². The fraction of sp³-hybridized carbons (Fsp3) is 0.400. The van der Waals surface area contributed by atoms with Crippen molar-refractivity contribution in [2.75, 3.05) is 39.6 Å². The molecule has 0 aliphatic heterocycles. The summed E-state index contributed by atoms with van der Waals surface area (Å²) < 4.78 is 14.2. The van der Waals surface area contributed by atoms with Gasteiger partial charge < -0.3 is 29.5 Å². The van der Waals surface area contributed by atoms with Gasteiger partial charge in [-0.1, -0.05) is 0 Å². The SMILES string of the molecule is O=C(OCCO)c1cc(C(=O)OCCO)cc(C(=O)OCCO)c1. The van der Waals surface area contributed by atoms with Crippen molar-refractivity contribution < 1.29 is 43.9 Å². The molecule has 0 saturated carbocycles. The van der Waals surface area contributed by atoms with Crippen LogP contribution in [-0.2, 0) is 14.2 Å². The molecule has 0 aliphatic rings. The maximum atomic E-state index is 11.9. The van der Waals surface area contributed by atoms with Crippen LogP contribution >= 0.6 is 0 Å². The summed E-state index contributed by atoms with van der Waals surface area (Å²) in [6.07, 6.45) is 0. The Morgan fingerprint density at radius 1 is 0.625 bits per heavy atom. The Kier molecular flexibility index (Phi) is 8.41. The highest BCUT2D eigenvalue weighted by atomic mass is 16.5. The Balaban J connectivity index is 3.11. The molecule has 0 aliphatic carbocycles. The van der Waals surface area contributed by atoms with Crippen molar-refractivity contribution in [3.8, 4) is 0 Å². The fourth-order valence-electron chi connectivity index (χ4n) is 1.65. The molecule has 9 heteroatoms. The third-order valence-electron chi connectivity index (χ3n) is 2.61. The molecule has 0 amide bonds. The van der Waals surface area contributed by atoms with Crippen LogP contribution in [-0.4, -0.2) is 72.9 Å². The van der Waals surface area contributed by atoms with Crippen LogP contribution in [0.3, 0.4) is 0 Å². The second kappa shape index (κ2) is 10.3. The second-order valence-corrected chi connectivity index (χ2v) is 4.38. The molecule has 1 aromatic rings. The number of carbonyl (C=O) groups is 3. The van der Waals surface area contributed by atoms with Crippen LogP contribution in [0.4, 0.5) is 0 Å². The zero-order valence-corrected chi connectivity index (χ0v) is 12.8. The van der Waals surface area contributed by atoms with E-state index in [1.165, 1.54) is 0 Å². The monoisotopic (exact) mass is 342 g/mol. The third kappa shape index (κ3) is 5.95. The van der Waals surface area contributed by atoms with Gasteiger partial charge in [-0.3, -0.25) is 0 Å². The number of carbonyl (C=O) groups excluding carboxylic acids is 3. The molecule has 0 bridgehead atoms. The van der Waals surface area contributed by atoms with Crippen molar-refractivity contribution in [3.05, 3.63) is 34.9 Å². The van der Waals surface area contributed by atoms with E-state index in [1.54, 1.807) is 0 Å². The quantitative estimate of drug-likeness (QED) is 0.386. The molecule has 0 heterocycles. The molecule has 1 rings (SSSR count). The topological polar surface area (TPSA) is 140 Å². The van der Waals surface area contributed by atoms with Crippen molar-refractivity contribution in [3.63, 3.8) is 0 Å². The highest BCUT2D eigenvalue weighted by Gasteiger charge is 2.18. The zero-order chi connectivity index (χ0) is 17.9. The summed E-state index contributed by atoms with van der Waals surface area (Å²) in [5.41, 5.74) is -0.339. The van der Waals surface area contributed by atoms with E-state index in [0.29, 0.717) is 0 Å². The lowest BCUT2D eigenvalue weighted by Crippen LogP contribution is -2.15. The molecule has 0 saturated heterocycles. The summed E-state index contributed by atoms with van der Waals surface area (Å²) in [6.45, 7) is -1.88. The van der Waals surface area contributed by atoms with E-state index < -0.39 is 17.9 Å². The van der Waals surface area contributed by atoms with Crippen LogP contribution in [0, 0.1) is 0 Å². The first-order valence-corrected chi connectivity index (χ1v) is 7.02. The lowest BCUT2D eigenvalue weighted by molar-refractivity contribution is 0.0426. The number of benzene rings is 1. The predicted octanol–water partition coefficient (Wildman–Crippen LogP) is -0.866. The number of aliphatic hydroxyl groups is 3. The van der Waals surface area contributed by atoms with Crippen LogP contribution in [0.15, 0.2) is 18.2 Å². The van der Waals surface area contributed by atoms with Crippen molar-refractivity contribution in [2.45, 2.75) is 0 Å². The molecule has 9 nitrogen and oxygen atoms in total. The average Bonchev–Trinajstić information content (AvgIpc) is 2.61. The van der Waals surface area contributed by atoms with E-state index in [0.717, 1.165) is 18.2 Å². The van der Waals surface area contributed by atoms with E-state index in [2.05, 4.69) is 0 Å². The van der Waals surface area contributed by atoms with Crippen molar-refractivity contribution >= 4 is 17.9 Å². The third-order valence-corrected chi connectivity index (χ3v) is 2.61. The van der Waals surface area contributed by atoms with Crippen LogP contribution in [0.1, 0.15) is 31.1 Å². The molecule has 1 aromatic carbocycles. The van der Waals surface area contributed by atoms with E-state index in [4.69, 9.17) is 29.5 Å². The summed E-state index contributed by atoms with van der Waals surface area (Å²) in [6, 6.07) is 3.46. The Bertz CT molecular complexity index is 489. The first kappa shape index (κ1) is 19.6. The largest absolute Gasteiger partial charge is 0.460 e. The van der Waals surface area contributed by atoms with Crippen LogP contribution in [0.5, 0.6) is 0 Å². The summed E-state index contributed by atoms with van der Waals surface area (Å²) in [5.74, 6) is -2.55. The molecule has 0 unspecified atom stereocenters. The van der Waals surface area contributed by atoms with Gasteiger partial charge in [-0.25, -0.2) is 14.4 Å². The minimum Gasteiger partial charge on any atom is -0.460 e. The van der Waals surface area contributed by atoms with E-state index >= 15 is 0 Å². The minimum absolute atomic E-state index is 0.113. The van der Waals surface area contributed by atoms with Gasteiger partial charge in [0.1, 0.15) is 19.8 Å². The van der Waals surface area contributed by atoms with Gasteiger partial charge in [0.15, 0.2) is 0 Å². The predicted molar refractivity (Wildman–Crippen MR) is 78.5 cm³/mol. The normalized spacial score (nSPS) is 10.1. The van der Waals surface area contributed by atoms with Crippen LogP contribution in [0.25, 0.3) is 0 Å². The highest BCUT2D eigenvalue weighted by molar-refractivity contribution is 6.00. The number of esters is 3. The number of hydrogen-bond donors (Lipinski definition) is 3. The molecule has 3 N–H and O–H groups in total. The standard InChI is InChI=1S/C15H18O9/c16-1-4-22-13(19)10-7-11(14(20)23-5-2-17)9-12(8-10)15(21)24-6-3-18/h7-9,16-18H,1-6H2. The smallest absolute Gasteiger partial charge is 0.338 e. The molecule has 0 spiro atoms. The van der Waals surface area contributed by atoms with Crippen molar-refractivity contribution in [1.29, 1.82) is 0 Å². The lowest BCUT2D eigenvalue weighted by Gasteiger charge is -2.09. The molecule has 0 atom stereocenters. The lowest BCUT2D eigenvalue weighted by atomic mass is 10.1. The highest BCUT2D eigenvalue weighted by Crippen LogP contribution is 2.14. The number of aliphatic hydroxyl groups excluding tert-OH is 3. The number of rotatable bonds is 9. The number of hydrogen-bond acceptors (Lipinski definition) is 9. The minimum atomic E-state index is -0.850. The van der Waals surface area contributed by atoms with Gasteiger partial charge >= 0.3 is 17.9 Å². The first-order valence-electron chi connectivity index (χ1n) is 7.02. The van der Waals surface area contributed by atoms with Gasteiger partial charge in [-0.2, -0.15) is 0 Å². The zero-order valence-electron chi connectivity index (χ0n) is 12.8. The molecule has 0 fully saturated rings. The molecule has 132 valence electrons. The molecule has 24 heavy (non-hydrogen) atoms. The Labute approximate surface area is 137 Å². The summed E-state index contributed by atoms with van der Waals surface area (Å²) in [4.78, 5) is 35.6. The summed E-state index contributed by atoms with van der Waals surface area (Å²) in [5, 5.41) is 26.0. The van der Waals surface area contributed by atoms with Gasteiger partial charge in [-0.05, 0) is 18.2 Å². The summed E-state index contributed by atoms with van der Waals surface area (Å²) in [7, 11) is 0. The van der Waals surface area contributed by atoms with Gasteiger partial charge in [0.05, 0.1) is 36.5 Å². The van der Waals surface area contributed by atoms with Crippen LogP contribution < -0.4 is 0 Å². The Hall–Kier alpha value is -2.49. The maximum Gasteiger partial charge on any atom is 0.338 e. The summed E-state index contributed by atoms with van der Waals surface area (Å²) >= 11 is 0. The second-order valence-electron chi connectivity index (χ2n) is 4.38. The number of ether oxygens (including phenoxy) is 3. The Morgan fingerprint density at radius 3 is 1.08 bits per heavy atom. The van der Waals surface area contributed by atoms with Gasteiger partial charge in [0.25, 0.3) is 0 Å². The maximum absolute atomic E-state index is 11.9. The average molecular weight is 342 g/mol. The Morgan fingerprint density at radius 2 is 0.875 bits per heavy atom.